The van der Waals surface area contributed by atoms with Crippen molar-refractivity contribution >= 4 is 5.78 Å². The first-order valence-corrected chi connectivity index (χ1v) is 6.01. The van der Waals surface area contributed by atoms with Crippen molar-refractivity contribution in [1.82, 2.24) is 15.1 Å². The average Bonchev–Trinajstić information content (AvgIpc) is 3.10. The molecule has 0 radical (unpaired) electrons. The summed E-state index contributed by atoms with van der Waals surface area (Å²) in [5, 5.41) is 3.86. The van der Waals surface area contributed by atoms with E-state index in [1.54, 1.807) is 6.20 Å². The van der Waals surface area contributed by atoms with Crippen molar-refractivity contribution < 1.29 is 9.32 Å². The first kappa shape index (κ1) is 11.1. The normalized spacial score (nSPS) is 14.7. The van der Waals surface area contributed by atoms with Crippen LogP contribution in [0.3, 0.4) is 0 Å². The third kappa shape index (κ3) is 2.30. The summed E-state index contributed by atoms with van der Waals surface area (Å²) >= 11 is 0. The van der Waals surface area contributed by atoms with E-state index in [0.29, 0.717) is 17.4 Å². The molecule has 0 unspecified atom stereocenters. The molecule has 5 heteroatoms. The lowest BCUT2D eigenvalue weighted by Gasteiger charge is -1.94. The van der Waals surface area contributed by atoms with E-state index in [2.05, 4.69) is 15.1 Å². The van der Waals surface area contributed by atoms with Crippen molar-refractivity contribution in [2.24, 2.45) is 5.92 Å². The Balaban J connectivity index is 1.78. The number of carbonyl (C=O) groups excluding carboxylic acids is 1. The molecule has 2 aromatic heterocycles. The van der Waals surface area contributed by atoms with Crippen molar-refractivity contribution in [1.29, 1.82) is 0 Å². The Kier molecular flexibility index (Phi) is 2.66. The molecule has 1 saturated carbocycles. The van der Waals surface area contributed by atoms with Crippen LogP contribution in [-0.2, 0) is 11.2 Å². The first-order valence-electron chi connectivity index (χ1n) is 6.01. The largest absolute Gasteiger partial charge is 0.338 e. The molecule has 2 heterocycles. The fourth-order valence-electron chi connectivity index (χ4n) is 1.79. The fourth-order valence-corrected chi connectivity index (χ4v) is 1.79. The number of nitrogens with zero attached hydrogens (tertiary/aromatic N) is 3. The van der Waals surface area contributed by atoms with Gasteiger partial charge in [0, 0.05) is 12.1 Å². The molecule has 92 valence electrons. The quantitative estimate of drug-likeness (QED) is 0.821. The molecule has 0 amide bonds. The van der Waals surface area contributed by atoms with Crippen LogP contribution in [0.15, 0.2) is 22.9 Å². The van der Waals surface area contributed by atoms with Gasteiger partial charge in [-0.2, -0.15) is 4.98 Å². The molecule has 0 N–H and O–H groups in total. The predicted octanol–water partition coefficient (Wildman–Crippen LogP) is 1.96. The average molecular weight is 243 g/mol. The summed E-state index contributed by atoms with van der Waals surface area (Å²) in [5.74, 6) is 1.24. The number of hydrogen-bond donors (Lipinski definition) is 0. The summed E-state index contributed by atoms with van der Waals surface area (Å²) in [4.78, 5) is 20.0. The van der Waals surface area contributed by atoms with Gasteiger partial charge in [-0.1, -0.05) is 5.16 Å². The summed E-state index contributed by atoms with van der Waals surface area (Å²) in [7, 11) is 0. The Hall–Kier alpha value is -2.04. The molecule has 0 spiro atoms. The monoisotopic (exact) mass is 243 g/mol. The van der Waals surface area contributed by atoms with Crippen LogP contribution in [0.2, 0.25) is 0 Å². The minimum absolute atomic E-state index is 0.197. The summed E-state index contributed by atoms with van der Waals surface area (Å²) in [5.41, 5.74) is 1.75. The lowest BCUT2D eigenvalue weighted by atomic mass is 10.2. The molecular formula is C13H13N3O2. The highest BCUT2D eigenvalue weighted by atomic mass is 16.5. The van der Waals surface area contributed by atoms with Gasteiger partial charge in [0.05, 0.1) is 6.42 Å². The number of aromatic nitrogens is 3. The van der Waals surface area contributed by atoms with Crippen LogP contribution in [0.5, 0.6) is 0 Å². The van der Waals surface area contributed by atoms with Crippen molar-refractivity contribution in [3.8, 4) is 11.5 Å². The molecule has 5 nitrogen and oxygen atoms in total. The molecule has 0 atom stereocenters. The molecule has 3 rings (SSSR count). The lowest BCUT2D eigenvalue weighted by Crippen LogP contribution is -2.04. The van der Waals surface area contributed by atoms with Gasteiger partial charge < -0.3 is 4.52 Å². The van der Waals surface area contributed by atoms with E-state index in [4.69, 9.17) is 4.52 Å². The Bertz CT molecular complexity index is 587. The third-order valence-corrected chi connectivity index (χ3v) is 2.97. The molecule has 2 aromatic rings. The van der Waals surface area contributed by atoms with Crippen molar-refractivity contribution in [3.05, 3.63) is 29.8 Å². The fraction of sp³-hybridized carbons (Fsp3) is 0.385. The number of Topliss-reactive ketones (excluding diaryl/α,β-unsaturated/α-hetero) is 1. The van der Waals surface area contributed by atoms with Crippen LogP contribution in [-0.4, -0.2) is 20.9 Å². The number of rotatable bonds is 4. The topological polar surface area (TPSA) is 68.9 Å². The van der Waals surface area contributed by atoms with Gasteiger partial charge in [-0.25, -0.2) is 0 Å². The van der Waals surface area contributed by atoms with Gasteiger partial charge in [0.2, 0.25) is 11.7 Å². The minimum Gasteiger partial charge on any atom is -0.338 e. The van der Waals surface area contributed by atoms with Gasteiger partial charge in [0.15, 0.2) is 0 Å². The van der Waals surface area contributed by atoms with E-state index >= 15 is 0 Å². The van der Waals surface area contributed by atoms with E-state index in [0.717, 1.165) is 18.4 Å². The van der Waals surface area contributed by atoms with Gasteiger partial charge in [0.25, 0.3) is 0 Å². The molecule has 1 aliphatic carbocycles. The number of carbonyl (C=O) groups is 1. The number of aryl methyl sites for hydroxylation is 1. The molecule has 0 saturated heterocycles. The minimum atomic E-state index is 0.197. The maximum Gasteiger partial charge on any atom is 0.234 e. The van der Waals surface area contributed by atoms with Crippen LogP contribution in [0.4, 0.5) is 0 Å². The summed E-state index contributed by atoms with van der Waals surface area (Å²) in [6.45, 7) is 1.97. The molecule has 18 heavy (non-hydrogen) atoms. The lowest BCUT2D eigenvalue weighted by molar-refractivity contribution is -0.119. The highest BCUT2D eigenvalue weighted by molar-refractivity contribution is 5.84. The Morgan fingerprint density at radius 2 is 2.33 bits per heavy atom. The second-order valence-electron chi connectivity index (χ2n) is 4.65. The molecule has 1 fully saturated rings. The van der Waals surface area contributed by atoms with Crippen molar-refractivity contribution in [2.45, 2.75) is 26.2 Å². The Labute approximate surface area is 104 Å². The molecule has 0 aliphatic heterocycles. The Morgan fingerprint density at radius 1 is 1.50 bits per heavy atom. The van der Waals surface area contributed by atoms with E-state index in [1.807, 2.05) is 19.1 Å². The zero-order chi connectivity index (χ0) is 12.5. The number of pyridine rings is 1. The van der Waals surface area contributed by atoms with E-state index in [1.165, 1.54) is 0 Å². The van der Waals surface area contributed by atoms with Crippen molar-refractivity contribution in [3.63, 3.8) is 0 Å². The summed E-state index contributed by atoms with van der Waals surface area (Å²) in [6, 6.07) is 3.79. The summed E-state index contributed by atoms with van der Waals surface area (Å²) in [6.07, 6.45) is 3.94. The van der Waals surface area contributed by atoms with E-state index in [-0.39, 0.29) is 18.1 Å². The highest BCUT2D eigenvalue weighted by Crippen LogP contribution is 2.30. The van der Waals surface area contributed by atoms with Crippen LogP contribution in [0, 0.1) is 12.8 Å². The van der Waals surface area contributed by atoms with Crippen LogP contribution >= 0.6 is 0 Å². The molecular weight excluding hydrogens is 230 g/mol. The molecule has 0 aromatic carbocycles. The summed E-state index contributed by atoms with van der Waals surface area (Å²) < 4.78 is 5.09. The third-order valence-electron chi connectivity index (χ3n) is 2.97. The van der Waals surface area contributed by atoms with Gasteiger partial charge in [-0.05, 0) is 37.5 Å². The van der Waals surface area contributed by atoms with Crippen LogP contribution in [0.25, 0.3) is 11.5 Å². The second-order valence-corrected chi connectivity index (χ2v) is 4.65. The van der Waals surface area contributed by atoms with E-state index < -0.39 is 0 Å². The predicted molar refractivity (Wildman–Crippen MR) is 63.7 cm³/mol. The smallest absolute Gasteiger partial charge is 0.234 e. The SMILES string of the molecule is Cc1ccnc(-c2noc(CC(=O)C3CC3)n2)c1. The zero-order valence-corrected chi connectivity index (χ0v) is 10.1. The highest BCUT2D eigenvalue weighted by Gasteiger charge is 2.30. The second kappa shape index (κ2) is 4.33. The number of ketones is 1. The van der Waals surface area contributed by atoms with Crippen LogP contribution in [0.1, 0.15) is 24.3 Å². The van der Waals surface area contributed by atoms with Crippen molar-refractivity contribution in [2.75, 3.05) is 0 Å². The van der Waals surface area contributed by atoms with E-state index in [9.17, 15) is 4.79 Å². The maximum atomic E-state index is 11.6. The Morgan fingerprint density at radius 3 is 3.06 bits per heavy atom. The molecule has 0 bridgehead atoms. The zero-order valence-electron chi connectivity index (χ0n) is 10.1. The van der Waals surface area contributed by atoms with Gasteiger partial charge in [-0.3, -0.25) is 9.78 Å². The maximum absolute atomic E-state index is 11.6. The first-order chi connectivity index (χ1) is 8.72. The molecule has 1 aliphatic rings. The van der Waals surface area contributed by atoms with Crippen LogP contribution < -0.4 is 0 Å². The standard InChI is InChI=1S/C13H13N3O2/c1-8-4-5-14-10(6-8)13-15-12(18-16-13)7-11(17)9-2-3-9/h4-6,9H,2-3,7H2,1H3. The van der Waals surface area contributed by atoms with Gasteiger partial charge >= 0.3 is 0 Å². The van der Waals surface area contributed by atoms with Gasteiger partial charge in [-0.15, -0.1) is 0 Å². The van der Waals surface area contributed by atoms with Gasteiger partial charge in [0.1, 0.15) is 11.5 Å². The number of hydrogen-bond acceptors (Lipinski definition) is 5.